The Morgan fingerprint density at radius 2 is 1.58 bits per heavy atom. The van der Waals surface area contributed by atoms with Crippen LogP contribution in [-0.4, -0.2) is 18.5 Å². The van der Waals surface area contributed by atoms with Crippen LogP contribution >= 0.6 is 0 Å². The third kappa shape index (κ3) is 3.35. The quantitative estimate of drug-likeness (QED) is 0.875. The van der Waals surface area contributed by atoms with E-state index in [0.717, 1.165) is 0 Å². The van der Waals surface area contributed by atoms with Crippen LogP contribution in [0.3, 0.4) is 0 Å². The van der Waals surface area contributed by atoms with Gasteiger partial charge in [-0.25, -0.2) is 0 Å². The van der Waals surface area contributed by atoms with Crippen LogP contribution < -0.4 is 10.6 Å². The molecule has 0 unspecified atom stereocenters. The standard InChI is InChI=1S/C16H26N2O/c1-10-8-11(2)13(4)14(12(10)3)9-18-15(19)16(5,6)17-7/h8,17H,9H2,1-7H3,(H,18,19). The molecule has 0 spiro atoms. The predicted octanol–water partition coefficient (Wildman–Crippen LogP) is 2.53. The molecule has 0 radical (unpaired) electrons. The second-order valence-electron chi connectivity index (χ2n) is 5.80. The van der Waals surface area contributed by atoms with E-state index in [9.17, 15) is 4.79 Å². The summed E-state index contributed by atoms with van der Waals surface area (Å²) >= 11 is 0. The molecule has 106 valence electrons. The van der Waals surface area contributed by atoms with E-state index in [1.807, 2.05) is 13.8 Å². The maximum atomic E-state index is 12.1. The van der Waals surface area contributed by atoms with E-state index in [1.54, 1.807) is 7.05 Å². The van der Waals surface area contributed by atoms with Gasteiger partial charge in [-0.3, -0.25) is 4.79 Å². The zero-order valence-corrected chi connectivity index (χ0v) is 13.2. The number of nitrogens with one attached hydrogen (secondary N) is 2. The Bertz CT molecular complexity index is 464. The summed E-state index contributed by atoms with van der Waals surface area (Å²) in [7, 11) is 1.80. The third-order valence-corrected chi connectivity index (χ3v) is 4.14. The number of rotatable bonds is 4. The fraction of sp³-hybridized carbons (Fsp3) is 0.562. The maximum Gasteiger partial charge on any atom is 0.239 e. The van der Waals surface area contributed by atoms with Crippen LogP contribution in [0.4, 0.5) is 0 Å². The Hall–Kier alpha value is -1.35. The van der Waals surface area contributed by atoms with E-state index in [0.29, 0.717) is 6.54 Å². The van der Waals surface area contributed by atoms with Gasteiger partial charge in [0, 0.05) is 6.54 Å². The number of aryl methyl sites for hydroxylation is 2. The first-order valence-corrected chi connectivity index (χ1v) is 6.74. The van der Waals surface area contributed by atoms with E-state index in [4.69, 9.17) is 0 Å². The highest BCUT2D eigenvalue weighted by Crippen LogP contribution is 2.21. The molecule has 1 amide bonds. The molecular weight excluding hydrogens is 236 g/mol. The predicted molar refractivity (Wildman–Crippen MR) is 80.4 cm³/mol. The van der Waals surface area contributed by atoms with Gasteiger partial charge in [-0.2, -0.15) is 0 Å². The first kappa shape index (κ1) is 15.7. The van der Waals surface area contributed by atoms with Crippen molar-refractivity contribution in [2.24, 2.45) is 0 Å². The Kier molecular flexibility index (Phi) is 4.75. The first-order chi connectivity index (χ1) is 8.70. The number of hydrogen-bond donors (Lipinski definition) is 2. The fourth-order valence-electron chi connectivity index (χ4n) is 2.07. The van der Waals surface area contributed by atoms with Gasteiger partial charge in [-0.1, -0.05) is 6.07 Å². The van der Waals surface area contributed by atoms with Gasteiger partial charge >= 0.3 is 0 Å². The molecule has 0 saturated heterocycles. The second kappa shape index (κ2) is 5.74. The van der Waals surface area contributed by atoms with Gasteiger partial charge in [0.05, 0.1) is 5.54 Å². The van der Waals surface area contributed by atoms with Gasteiger partial charge in [0.15, 0.2) is 0 Å². The average molecular weight is 262 g/mol. The molecule has 0 aromatic heterocycles. The van der Waals surface area contributed by atoms with E-state index < -0.39 is 5.54 Å². The van der Waals surface area contributed by atoms with Crippen molar-refractivity contribution in [3.8, 4) is 0 Å². The second-order valence-corrected chi connectivity index (χ2v) is 5.80. The molecule has 19 heavy (non-hydrogen) atoms. The molecule has 0 aliphatic rings. The Morgan fingerprint density at radius 1 is 1.11 bits per heavy atom. The van der Waals surface area contributed by atoms with Crippen molar-refractivity contribution < 1.29 is 4.79 Å². The van der Waals surface area contributed by atoms with Crippen molar-refractivity contribution in [2.75, 3.05) is 7.05 Å². The largest absolute Gasteiger partial charge is 0.350 e. The smallest absolute Gasteiger partial charge is 0.239 e. The zero-order valence-electron chi connectivity index (χ0n) is 13.2. The van der Waals surface area contributed by atoms with Crippen LogP contribution in [0.2, 0.25) is 0 Å². The van der Waals surface area contributed by atoms with Crippen molar-refractivity contribution in [1.29, 1.82) is 0 Å². The summed E-state index contributed by atoms with van der Waals surface area (Å²) in [5.74, 6) is 0.0213. The highest BCUT2D eigenvalue weighted by atomic mass is 16.2. The van der Waals surface area contributed by atoms with E-state index in [-0.39, 0.29) is 5.91 Å². The molecule has 1 rings (SSSR count). The van der Waals surface area contributed by atoms with Crippen molar-refractivity contribution >= 4 is 5.91 Å². The molecule has 0 fully saturated rings. The number of amides is 1. The van der Waals surface area contributed by atoms with Gasteiger partial charge < -0.3 is 10.6 Å². The average Bonchev–Trinajstić information content (AvgIpc) is 2.36. The minimum Gasteiger partial charge on any atom is -0.350 e. The lowest BCUT2D eigenvalue weighted by Gasteiger charge is -2.24. The SMILES string of the molecule is CNC(C)(C)C(=O)NCc1c(C)c(C)cc(C)c1C. The molecule has 0 aliphatic carbocycles. The van der Waals surface area contributed by atoms with Crippen LogP contribution in [0.1, 0.15) is 41.7 Å². The van der Waals surface area contributed by atoms with Gasteiger partial charge in [-0.05, 0) is 76.4 Å². The fourth-order valence-corrected chi connectivity index (χ4v) is 2.07. The Labute approximate surface area is 116 Å². The molecule has 0 aliphatic heterocycles. The van der Waals surface area contributed by atoms with Crippen molar-refractivity contribution in [3.05, 3.63) is 33.9 Å². The molecule has 3 nitrogen and oxygen atoms in total. The molecule has 0 heterocycles. The monoisotopic (exact) mass is 262 g/mol. The van der Waals surface area contributed by atoms with E-state index >= 15 is 0 Å². The van der Waals surface area contributed by atoms with Crippen LogP contribution in [0.15, 0.2) is 6.07 Å². The minimum absolute atomic E-state index is 0.0213. The molecule has 1 aromatic carbocycles. The summed E-state index contributed by atoms with van der Waals surface area (Å²) in [5, 5.41) is 6.04. The maximum absolute atomic E-state index is 12.1. The molecule has 0 bridgehead atoms. The number of benzene rings is 1. The van der Waals surface area contributed by atoms with Gasteiger partial charge in [0.25, 0.3) is 0 Å². The van der Waals surface area contributed by atoms with Crippen LogP contribution in [0.25, 0.3) is 0 Å². The lowest BCUT2D eigenvalue weighted by molar-refractivity contribution is -0.126. The first-order valence-electron chi connectivity index (χ1n) is 6.74. The van der Waals surface area contributed by atoms with Crippen LogP contribution in [-0.2, 0) is 11.3 Å². The highest BCUT2D eigenvalue weighted by Gasteiger charge is 2.25. The van der Waals surface area contributed by atoms with Crippen LogP contribution in [0.5, 0.6) is 0 Å². The third-order valence-electron chi connectivity index (χ3n) is 4.14. The summed E-state index contributed by atoms with van der Waals surface area (Å²) in [6.07, 6.45) is 0. The van der Waals surface area contributed by atoms with E-state index in [1.165, 1.54) is 27.8 Å². The normalized spacial score (nSPS) is 11.5. The Morgan fingerprint density at radius 3 is 2.00 bits per heavy atom. The molecule has 0 atom stereocenters. The Balaban J connectivity index is 2.93. The molecular formula is C16H26N2O. The summed E-state index contributed by atoms with van der Waals surface area (Å²) < 4.78 is 0. The molecule has 2 N–H and O–H groups in total. The molecule has 0 saturated carbocycles. The van der Waals surface area contributed by atoms with Gasteiger partial charge in [-0.15, -0.1) is 0 Å². The van der Waals surface area contributed by atoms with Gasteiger partial charge in [0.1, 0.15) is 0 Å². The number of carbonyl (C=O) groups excluding carboxylic acids is 1. The highest BCUT2D eigenvalue weighted by molar-refractivity contribution is 5.85. The number of carbonyl (C=O) groups is 1. The van der Waals surface area contributed by atoms with Crippen molar-refractivity contribution in [1.82, 2.24) is 10.6 Å². The summed E-state index contributed by atoms with van der Waals surface area (Å²) in [4.78, 5) is 12.1. The zero-order chi connectivity index (χ0) is 14.8. The molecule has 1 aromatic rings. The summed E-state index contributed by atoms with van der Waals surface area (Å²) in [5.41, 5.74) is 5.79. The summed E-state index contributed by atoms with van der Waals surface area (Å²) in [6.45, 7) is 12.8. The minimum atomic E-state index is -0.541. The molecule has 3 heteroatoms. The summed E-state index contributed by atoms with van der Waals surface area (Å²) in [6, 6.07) is 2.20. The number of hydrogen-bond acceptors (Lipinski definition) is 2. The van der Waals surface area contributed by atoms with Crippen molar-refractivity contribution in [3.63, 3.8) is 0 Å². The van der Waals surface area contributed by atoms with Gasteiger partial charge in [0.2, 0.25) is 5.91 Å². The lowest BCUT2D eigenvalue weighted by Crippen LogP contribution is -2.50. The van der Waals surface area contributed by atoms with Crippen LogP contribution in [0, 0.1) is 27.7 Å². The van der Waals surface area contributed by atoms with Crippen molar-refractivity contribution in [2.45, 2.75) is 53.6 Å². The van der Waals surface area contributed by atoms with E-state index in [2.05, 4.69) is 44.4 Å². The number of likely N-dealkylation sites (N-methyl/N-ethyl adjacent to an activating group) is 1. The topological polar surface area (TPSA) is 41.1 Å². The lowest BCUT2D eigenvalue weighted by atomic mass is 9.94.